The Morgan fingerprint density at radius 3 is 2.80 bits per heavy atom. The van der Waals surface area contributed by atoms with E-state index in [9.17, 15) is 14.7 Å². The molecule has 0 aromatic carbocycles. The van der Waals surface area contributed by atoms with Crippen molar-refractivity contribution in [3.05, 3.63) is 36.4 Å². The first-order chi connectivity index (χ1) is 12.0. The van der Waals surface area contributed by atoms with E-state index in [0.29, 0.717) is 19.5 Å². The Kier molecular flexibility index (Phi) is 4.87. The van der Waals surface area contributed by atoms with Gasteiger partial charge in [-0.25, -0.2) is 0 Å². The average Bonchev–Trinajstić information content (AvgIpc) is 3.20. The van der Waals surface area contributed by atoms with E-state index in [-0.39, 0.29) is 18.2 Å². The summed E-state index contributed by atoms with van der Waals surface area (Å²) < 4.78 is 3.46. The fourth-order valence-electron chi connectivity index (χ4n) is 3.55. The Morgan fingerprint density at radius 1 is 1.40 bits per heavy atom. The highest BCUT2D eigenvalue weighted by Crippen LogP contribution is 2.37. The van der Waals surface area contributed by atoms with Gasteiger partial charge in [-0.1, -0.05) is 6.92 Å². The summed E-state index contributed by atoms with van der Waals surface area (Å²) in [4.78, 5) is 26.0. The van der Waals surface area contributed by atoms with E-state index >= 15 is 0 Å². The van der Waals surface area contributed by atoms with Crippen molar-refractivity contribution in [1.82, 2.24) is 24.5 Å². The van der Waals surface area contributed by atoms with E-state index in [0.717, 1.165) is 5.56 Å². The quantitative estimate of drug-likeness (QED) is 0.852. The van der Waals surface area contributed by atoms with Gasteiger partial charge in [-0.15, -0.1) is 0 Å². The molecule has 1 amide bonds. The van der Waals surface area contributed by atoms with E-state index in [1.54, 1.807) is 35.2 Å². The van der Waals surface area contributed by atoms with Gasteiger partial charge >= 0.3 is 5.97 Å². The van der Waals surface area contributed by atoms with Crippen molar-refractivity contribution in [2.75, 3.05) is 6.54 Å². The number of hydrogen-bond donors (Lipinski definition) is 1. The van der Waals surface area contributed by atoms with Crippen LogP contribution in [-0.4, -0.2) is 48.0 Å². The SMILES string of the molecule is C[C@H](CN1C(=O)CC[C@@H](C(=O)O)[C@@H]1c1cnn(C)c1)Cn1cccn1. The van der Waals surface area contributed by atoms with Crippen molar-refractivity contribution < 1.29 is 14.7 Å². The van der Waals surface area contributed by atoms with Gasteiger partial charge in [-0.2, -0.15) is 10.2 Å². The molecule has 2 aromatic rings. The second-order valence-corrected chi connectivity index (χ2v) is 6.75. The Morgan fingerprint density at radius 2 is 2.20 bits per heavy atom. The maximum atomic E-state index is 12.6. The van der Waals surface area contributed by atoms with Crippen molar-refractivity contribution in [2.45, 2.75) is 32.4 Å². The van der Waals surface area contributed by atoms with Crippen molar-refractivity contribution >= 4 is 11.9 Å². The molecule has 0 aliphatic carbocycles. The number of nitrogens with zero attached hydrogens (tertiary/aromatic N) is 5. The van der Waals surface area contributed by atoms with Crippen LogP contribution in [0.25, 0.3) is 0 Å². The third-order valence-electron chi connectivity index (χ3n) is 4.66. The molecule has 2 aromatic heterocycles. The Balaban J connectivity index is 1.83. The molecule has 1 aliphatic rings. The predicted molar refractivity (Wildman–Crippen MR) is 89.4 cm³/mol. The van der Waals surface area contributed by atoms with Gasteiger partial charge in [-0.3, -0.25) is 19.0 Å². The molecule has 134 valence electrons. The lowest BCUT2D eigenvalue weighted by atomic mass is 9.85. The first-order valence-electron chi connectivity index (χ1n) is 8.44. The third kappa shape index (κ3) is 3.72. The van der Waals surface area contributed by atoms with Gasteiger partial charge in [0, 0.05) is 50.7 Å². The van der Waals surface area contributed by atoms with E-state index in [2.05, 4.69) is 10.2 Å². The zero-order valence-corrected chi connectivity index (χ0v) is 14.4. The van der Waals surface area contributed by atoms with Crippen LogP contribution in [-0.2, 0) is 23.2 Å². The Bertz CT molecular complexity index is 739. The van der Waals surface area contributed by atoms with Gasteiger partial charge in [0.1, 0.15) is 0 Å². The molecule has 8 nitrogen and oxygen atoms in total. The van der Waals surface area contributed by atoms with Gasteiger partial charge in [0.25, 0.3) is 0 Å². The number of carbonyl (C=O) groups is 2. The molecule has 0 saturated carbocycles. The number of rotatable bonds is 6. The summed E-state index contributed by atoms with van der Waals surface area (Å²) in [5, 5.41) is 18.0. The standard InChI is InChI=1S/C17H23N5O3/c1-12(9-21-7-3-6-18-21)10-22-15(23)5-4-14(17(24)25)16(22)13-8-19-20(2)11-13/h3,6-8,11-12,14,16H,4-5,9-10H2,1-2H3,(H,24,25)/t12-,14+,16-/m0/s1. The third-order valence-corrected chi connectivity index (χ3v) is 4.66. The van der Waals surface area contributed by atoms with Crippen LogP contribution in [0.4, 0.5) is 0 Å². The predicted octanol–water partition coefficient (Wildman–Crippen LogP) is 1.32. The average molecular weight is 345 g/mol. The molecule has 0 unspecified atom stereocenters. The molecule has 1 fully saturated rings. The zero-order valence-electron chi connectivity index (χ0n) is 14.4. The van der Waals surface area contributed by atoms with Crippen LogP contribution in [0.3, 0.4) is 0 Å². The Labute approximate surface area is 146 Å². The van der Waals surface area contributed by atoms with Gasteiger partial charge in [0.15, 0.2) is 0 Å². The number of carbonyl (C=O) groups excluding carboxylic acids is 1. The highest BCUT2D eigenvalue weighted by Gasteiger charge is 2.41. The van der Waals surface area contributed by atoms with Crippen LogP contribution in [0.5, 0.6) is 0 Å². The number of piperidine rings is 1. The molecule has 1 aliphatic heterocycles. The van der Waals surface area contributed by atoms with Gasteiger partial charge in [0.2, 0.25) is 5.91 Å². The van der Waals surface area contributed by atoms with Crippen LogP contribution in [0.2, 0.25) is 0 Å². The summed E-state index contributed by atoms with van der Waals surface area (Å²) in [5.74, 6) is -1.33. The van der Waals surface area contributed by atoms with E-state index in [1.165, 1.54) is 0 Å². The van der Waals surface area contributed by atoms with Crippen LogP contribution < -0.4 is 0 Å². The summed E-state index contributed by atoms with van der Waals surface area (Å²) in [6.07, 6.45) is 7.68. The van der Waals surface area contributed by atoms with Crippen LogP contribution >= 0.6 is 0 Å². The van der Waals surface area contributed by atoms with E-state index < -0.39 is 17.9 Å². The number of aryl methyl sites for hydroxylation is 1. The number of carboxylic acids is 1. The minimum Gasteiger partial charge on any atom is -0.481 e. The topological polar surface area (TPSA) is 93.3 Å². The van der Waals surface area contributed by atoms with Crippen molar-refractivity contribution in [1.29, 1.82) is 0 Å². The summed E-state index contributed by atoms with van der Waals surface area (Å²) in [5.41, 5.74) is 0.772. The smallest absolute Gasteiger partial charge is 0.308 e. The van der Waals surface area contributed by atoms with Gasteiger partial charge in [0.05, 0.1) is 18.2 Å². The maximum Gasteiger partial charge on any atom is 0.308 e. The molecule has 8 heteroatoms. The van der Waals surface area contributed by atoms with Gasteiger partial charge in [-0.05, 0) is 18.4 Å². The van der Waals surface area contributed by atoms with Crippen LogP contribution in [0.1, 0.15) is 31.4 Å². The molecule has 0 radical (unpaired) electrons. The monoisotopic (exact) mass is 345 g/mol. The molecule has 1 N–H and O–H groups in total. The van der Waals surface area contributed by atoms with Crippen molar-refractivity contribution in [3.63, 3.8) is 0 Å². The summed E-state index contributed by atoms with van der Waals surface area (Å²) in [7, 11) is 1.79. The molecular formula is C17H23N5O3. The van der Waals surface area contributed by atoms with E-state index in [1.807, 2.05) is 23.9 Å². The summed E-state index contributed by atoms with van der Waals surface area (Å²) in [6.45, 7) is 3.20. The summed E-state index contributed by atoms with van der Waals surface area (Å²) in [6, 6.07) is 1.38. The maximum absolute atomic E-state index is 12.6. The molecule has 25 heavy (non-hydrogen) atoms. The zero-order chi connectivity index (χ0) is 18.0. The lowest BCUT2D eigenvalue weighted by Gasteiger charge is -2.40. The molecular weight excluding hydrogens is 322 g/mol. The largest absolute Gasteiger partial charge is 0.481 e. The normalized spacial score (nSPS) is 22.2. The Hall–Kier alpha value is -2.64. The fourth-order valence-corrected chi connectivity index (χ4v) is 3.55. The number of aromatic nitrogens is 4. The molecule has 0 spiro atoms. The molecule has 3 rings (SSSR count). The van der Waals surface area contributed by atoms with Crippen LogP contribution in [0, 0.1) is 11.8 Å². The fraction of sp³-hybridized carbons (Fsp3) is 0.529. The number of hydrogen-bond acceptors (Lipinski definition) is 4. The number of aliphatic carboxylic acids is 1. The first-order valence-corrected chi connectivity index (χ1v) is 8.44. The van der Waals surface area contributed by atoms with Gasteiger partial charge < -0.3 is 10.0 Å². The highest BCUT2D eigenvalue weighted by atomic mass is 16.4. The minimum absolute atomic E-state index is 0.00123. The number of likely N-dealkylation sites (tertiary alicyclic amines) is 1. The van der Waals surface area contributed by atoms with Crippen molar-refractivity contribution in [3.8, 4) is 0 Å². The number of amides is 1. The molecule has 3 atom stereocenters. The lowest BCUT2D eigenvalue weighted by molar-refractivity contribution is -0.152. The highest BCUT2D eigenvalue weighted by molar-refractivity contribution is 5.81. The van der Waals surface area contributed by atoms with E-state index in [4.69, 9.17) is 0 Å². The van der Waals surface area contributed by atoms with Crippen molar-refractivity contribution in [2.24, 2.45) is 18.9 Å². The second-order valence-electron chi connectivity index (χ2n) is 6.75. The number of carboxylic acid groups (broad SMARTS) is 1. The lowest BCUT2D eigenvalue weighted by Crippen LogP contribution is -2.47. The van der Waals surface area contributed by atoms with Crippen LogP contribution in [0.15, 0.2) is 30.9 Å². The summed E-state index contributed by atoms with van der Waals surface area (Å²) >= 11 is 0. The molecule has 1 saturated heterocycles. The minimum atomic E-state index is -0.869. The molecule has 0 bridgehead atoms. The first kappa shape index (κ1) is 17.2. The molecule has 3 heterocycles. The second kappa shape index (κ2) is 7.08.